The van der Waals surface area contributed by atoms with E-state index in [2.05, 4.69) is 18.7 Å². The lowest BCUT2D eigenvalue weighted by Gasteiger charge is -2.25. The van der Waals surface area contributed by atoms with Gasteiger partial charge in [0.2, 0.25) is 0 Å². The van der Waals surface area contributed by atoms with E-state index in [1.807, 2.05) is 0 Å². The highest BCUT2D eigenvalue weighted by atomic mass is 16.5. The molecule has 1 aliphatic carbocycles. The molecule has 0 N–H and O–H groups in total. The maximum Gasteiger partial charge on any atom is 0.309 e. The zero-order valence-corrected chi connectivity index (χ0v) is 14.0. The topological polar surface area (TPSA) is 29.5 Å². The first-order valence-electron chi connectivity index (χ1n) is 9.13. The smallest absolute Gasteiger partial charge is 0.309 e. The van der Waals surface area contributed by atoms with E-state index in [1.54, 1.807) is 0 Å². The Kier molecular flexibility index (Phi) is 7.01. The summed E-state index contributed by atoms with van der Waals surface area (Å²) in [5.41, 5.74) is 0. The molecule has 1 saturated carbocycles. The molecule has 3 nitrogen and oxygen atoms in total. The van der Waals surface area contributed by atoms with E-state index in [-0.39, 0.29) is 11.9 Å². The van der Waals surface area contributed by atoms with Crippen molar-refractivity contribution in [1.82, 2.24) is 4.90 Å². The van der Waals surface area contributed by atoms with Crippen molar-refractivity contribution in [2.75, 3.05) is 19.7 Å². The quantitative estimate of drug-likeness (QED) is 0.634. The largest absolute Gasteiger partial charge is 0.465 e. The maximum atomic E-state index is 12.4. The van der Waals surface area contributed by atoms with Crippen molar-refractivity contribution < 1.29 is 9.53 Å². The first-order valence-corrected chi connectivity index (χ1v) is 9.13. The fraction of sp³-hybridized carbons (Fsp3) is 0.944. The second kappa shape index (κ2) is 8.77. The average molecular weight is 295 g/mol. The number of hydrogen-bond donors (Lipinski definition) is 0. The standard InChI is InChI=1S/C18H33NO2/c1-3-8-17(16-9-4-5-10-16)18(20)21-14-11-15(2)19-12-6-7-13-19/h15-17H,3-14H2,1-2H3. The van der Waals surface area contributed by atoms with Crippen LogP contribution in [0.3, 0.4) is 0 Å². The minimum atomic E-state index is 0.0809. The van der Waals surface area contributed by atoms with Gasteiger partial charge in [-0.3, -0.25) is 4.79 Å². The first-order chi connectivity index (χ1) is 10.2. The van der Waals surface area contributed by atoms with Gasteiger partial charge in [-0.05, 0) is 64.5 Å². The molecular formula is C18H33NO2. The summed E-state index contributed by atoms with van der Waals surface area (Å²) in [7, 11) is 0. The molecule has 1 saturated heterocycles. The summed E-state index contributed by atoms with van der Waals surface area (Å²) in [5, 5.41) is 0. The number of likely N-dealkylation sites (tertiary alicyclic amines) is 1. The first kappa shape index (κ1) is 16.8. The molecular weight excluding hydrogens is 262 g/mol. The molecule has 2 rings (SSSR count). The molecule has 21 heavy (non-hydrogen) atoms. The Bertz CT molecular complexity index is 306. The van der Waals surface area contributed by atoms with Gasteiger partial charge in [0, 0.05) is 6.04 Å². The van der Waals surface area contributed by atoms with Gasteiger partial charge in [-0.15, -0.1) is 0 Å². The van der Waals surface area contributed by atoms with Gasteiger partial charge in [0.25, 0.3) is 0 Å². The van der Waals surface area contributed by atoms with E-state index in [9.17, 15) is 4.79 Å². The van der Waals surface area contributed by atoms with Crippen LogP contribution in [0.15, 0.2) is 0 Å². The number of esters is 1. The molecule has 1 heterocycles. The molecule has 0 spiro atoms. The monoisotopic (exact) mass is 295 g/mol. The Morgan fingerprint density at radius 2 is 1.81 bits per heavy atom. The van der Waals surface area contributed by atoms with Gasteiger partial charge >= 0.3 is 5.97 Å². The van der Waals surface area contributed by atoms with Crippen molar-refractivity contribution >= 4 is 5.97 Å². The Labute approximate surface area is 130 Å². The van der Waals surface area contributed by atoms with Crippen LogP contribution < -0.4 is 0 Å². The molecule has 0 bridgehead atoms. The number of ether oxygens (including phenoxy) is 1. The molecule has 2 atom stereocenters. The third-order valence-electron chi connectivity index (χ3n) is 5.42. The van der Waals surface area contributed by atoms with E-state index in [0.717, 1.165) is 19.3 Å². The van der Waals surface area contributed by atoms with Crippen LogP contribution >= 0.6 is 0 Å². The lowest BCUT2D eigenvalue weighted by molar-refractivity contribution is -0.151. The third-order valence-corrected chi connectivity index (χ3v) is 5.42. The molecule has 0 aromatic rings. The van der Waals surface area contributed by atoms with E-state index < -0.39 is 0 Å². The van der Waals surface area contributed by atoms with Crippen LogP contribution in [0.1, 0.15) is 71.6 Å². The third kappa shape index (κ3) is 4.98. The van der Waals surface area contributed by atoms with E-state index >= 15 is 0 Å². The van der Waals surface area contributed by atoms with E-state index in [0.29, 0.717) is 18.6 Å². The van der Waals surface area contributed by atoms with Gasteiger partial charge in [-0.1, -0.05) is 26.2 Å². The molecule has 2 unspecified atom stereocenters. The van der Waals surface area contributed by atoms with Crippen molar-refractivity contribution in [1.29, 1.82) is 0 Å². The molecule has 0 amide bonds. The van der Waals surface area contributed by atoms with Gasteiger partial charge in [0.1, 0.15) is 0 Å². The van der Waals surface area contributed by atoms with Crippen molar-refractivity contribution in [3.05, 3.63) is 0 Å². The SMILES string of the molecule is CCCC(C(=O)OCCC(C)N1CCCC1)C1CCCC1. The average Bonchev–Trinajstić information content (AvgIpc) is 3.17. The van der Waals surface area contributed by atoms with E-state index in [1.165, 1.54) is 51.6 Å². The highest BCUT2D eigenvalue weighted by molar-refractivity contribution is 5.72. The van der Waals surface area contributed by atoms with Crippen molar-refractivity contribution in [2.45, 2.75) is 77.7 Å². The molecule has 1 aliphatic heterocycles. The summed E-state index contributed by atoms with van der Waals surface area (Å²) in [6.07, 6.45) is 10.8. The van der Waals surface area contributed by atoms with Crippen LogP contribution in [0.2, 0.25) is 0 Å². The molecule has 0 aromatic carbocycles. The summed E-state index contributed by atoms with van der Waals surface area (Å²) >= 11 is 0. The highest BCUT2D eigenvalue weighted by Gasteiger charge is 2.31. The van der Waals surface area contributed by atoms with Gasteiger partial charge in [0.15, 0.2) is 0 Å². The van der Waals surface area contributed by atoms with Crippen molar-refractivity contribution in [3.63, 3.8) is 0 Å². The van der Waals surface area contributed by atoms with Crippen molar-refractivity contribution in [3.8, 4) is 0 Å². The Balaban J connectivity index is 1.70. The predicted molar refractivity (Wildman–Crippen MR) is 86.2 cm³/mol. The second-order valence-electron chi connectivity index (χ2n) is 6.99. The number of carbonyl (C=O) groups excluding carboxylic acids is 1. The number of hydrogen-bond acceptors (Lipinski definition) is 3. The van der Waals surface area contributed by atoms with Gasteiger partial charge in [0.05, 0.1) is 12.5 Å². The lowest BCUT2D eigenvalue weighted by atomic mass is 9.87. The highest BCUT2D eigenvalue weighted by Crippen LogP contribution is 2.34. The molecule has 0 radical (unpaired) electrons. The molecule has 122 valence electrons. The summed E-state index contributed by atoms with van der Waals surface area (Å²) in [5.74, 6) is 0.838. The Morgan fingerprint density at radius 3 is 2.43 bits per heavy atom. The van der Waals surface area contributed by atoms with Crippen LogP contribution in [0, 0.1) is 11.8 Å². The van der Waals surface area contributed by atoms with Crippen LogP contribution in [0.4, 0.5) is 0 Å². The van der Waals surface area contributed by atoms with Crippen LogP contribution in [-0.2, 0) is 9.53 Å². The fourth-order valence-corrected chi connectivity index (χ4v) is 4.02. The van der Waals surface area contributed by atoms with E-state index in [4.69, 9.17) is 4.74 Å². The number of rotatable bonds is 8. The Morgan fingerprint density at radius 1 is 1.14 bits per heavy atom. The molecule has 0 aromatic heterocycles. The molecule has 2 fully saturated rings. The van der Waals surface area contributed by atoms with Crippen LogP contribution in [0.5, 0.6) is 0 Å². The number of nitrogens with zero attached hydrogens (tertiary/aromatic N) is 1. The zero-order valence-electron chi connectivity index (χ0n) is 14.0. The molecule has 2 aliphatic rings. The summed E-state index contributed by atoms with van der Waals surface area (Å²) < 4.78 is 5.63. The molecule has 3 heteroatoms. The number of carbonyl (C=O) groups is 1. The summed E-state index contributed by atoms with van der Waals surface area (Å²) in [4.78, 5) is 14.9. The minimum Gasteiger partial charge on any atom is -0.465 e. The minimum absolute atomic E-state index is 0.0809. The fourth-order valence-electron chi connectivity index (χ4n) is 4.02. The zero-order chi connectivity index (χ0) is 15.1. The predicted octanol–water partition coefficient (Wildman–Crippen LogP) is 4.01. The van der Waals surface area contributed by atoms with Crippen LogP contribution in [0.25, 0.3) is 0 Å². The summed E-state index contributed by atoms with van der Waals surface area (Å²) in [6.45, 7) is 7.47. The van der Waals surface area contributed by atoms with Gasteiger partial charge < -0.3 is 9.64 Å². The Hall–Kier alpha value is -0.570. The van der Waals surface area contributed by atoms with Gasteiger partial charge in [-0.25, -0.2) is 0 Å². The van der Waals surface area contributed by atoms with Crippen molar-refractivity contribution in [2.24, 2.45) is 11.8 Å². The second-order valence-corrected chi connectivity index (χ2v) is 6.99. The summed E-state index contributed by atoms with van der Waals surface area (Å²) in [6, 6.07) is 0.552. The van der Waals surface area contributed by atoms with Crippen LogP contribution in [-0.4, -0.2) is 36.6 Å². The maximum absolute atomic E-state index is 12.4. The normalized spacial score (nSPS) is 23.3. The lowest BCUT2D eigenvalue weighted by Crippen LogP contribution is -2.32. The van der Waals surface area contributed by atoms with Gasteiger partial charge in [-0.2, -0.15) is 0 Å².